The minimum atomic E-state index is -4.75. The van der Waals surface area contributed by atoms with Crippen LogP contribution in [0, 0.1) is 24.2 Å². The van der Waals surface area contributed by atoms with Crippen molar-refractivity contribution in [2.45, 2.75) is 50.7 Å². The van der Waals surface area contributed by atoms with E-state index in [1.807, 2.05) is 6.07 Å². The number of hydrazine groups is 1. The lowest BCUT2D eigenvalue weighted by Gasteiger charge is -2.33. The number of halogens is 3. The Hall–Kier alpha value is -3.16. The van der Waals surface area contributed by atoms with Crippen LogP contribution in [0.2, 0.25) is 0 Å². The Balaban J connectivity index is 1.45. The summed E-state index contributed by atoms with van der Waals surface area (Å²) in [6.07, 6.45) is -1.16. The molecule has 7 nitrogen and oxygen atoms in total. The first-order valence-corrected chi connectivity index (χ1v) is 10.3. The molecule has 2 fully saturated rings. The fourth-order valence-electron chi connectivity index (χ4n) is 4.55. The first-order valence-electron chi connectivity index (χ1n) is 10.3. The van der Waals surface area contributed by atoms with Gasteiger partial charge in [0.05, 0.1) is 11.6 Å². The molecule has 1 aliphatic carbocycles. The van der Waals surface area contributed by atoms with Crippen molar-refractivity contribution in [2.24, 2.45) is 5.92 Å². The number of ether oxygens (including phenoxy) is 1. The van der Waals surface area contributed by atoms with Crippen molar-refractivity contribution in [1.29, 1.82) is 5.26 Å². The molecule has 10 heteroatoms. The van der Waals surface area contributed by atoms with Crippen molar-refractivity contribution in [1.82, 2.24) is 21.2 Å². The number of aromatic nitrogens is 1. The Bertz CT molecular complexity index is 1050. The van der Waals surface area contributed by atoms with Crippen LogP contribution in [-0.2, 0) is 0 Å². The summed E-state index contributed by atoms with van der Waals surface area (Å²) in [5.74, 6) is -0.486. The molecule has 3 N–H and O–H groups in total. The van der Waals surface area contributed by atoms with Gasteiger partial charge in [0.25, 0.3) is 5.91 Å². The number of pyridine rings is 1. The van der Waals surface area contributed by atoms with Crippen LogP contribution in [0.5, 0.6) is 5.75 Å². The molecule has 1 aromatic carbocycles. The van der Waals surface area contributed by atoms with E-state index in [0.29, 0.717) is 23.1 Å². The van der Waals surface area contributed by atoms with Crippen LogP contribution < -0.4 is 20.9 Å². The van der Waals surface area contributed by atoms with Gasteiger partial charge in [0, 0.05) is 18.3 Å². The van der Waals surface area contributed by atoms with Gasteiger partial charge in [0.15, 0.2) is 0 Å². The maximum Gasteiger partial charge on any atom is 0.573 e. The largest absolute Gasteiger partial charge is 0.573 e. The number of hydrogen-bond acceptors (Lipinski definition) is 6. The molecule has 0 bridgehead atoms. The van der Waals surface area contributed by atoms with Gasteiger partial charge < -0.3 is 10.1 Å². The third-order valence-corrected chi connectivity index (χ3v) is 5.96. The van der Waals surface area contributed by atoms with E-state index < -0.39 is 6.36 Å². The van der Waals surface area contributed by atoms with E-state index in [0.717, 1.165) is 12.8 Å². The van der Waals surface area contributed by atoms with Gasteiger partial charge in [0.2, 0.25) is 0 Å². The summed E-state index contributed by atoms with van der Waals surface area (Å²) >= 11 is 0. The number of hydrogen-bond donors (Lipinski definition) is 3. The average Bonchev–Trinajstić information content (AvgIpc) is 3.15. The fraction of sp³-hybridized carbons (Fsp3) is 0.409. The number of rotatable bonds is 4. The molecule has 1 saturated heterocycles. The zero-order chi connectivity index (χ0) is 22.9. The lowest BCUT2D eigenvalue weighted by molar-refractivity contribution is -0.274. The first-order chi connectivity index (χ1) is 15.2. The molecule has 32 heavy (non-hydrogen) atoms. The molecule has 2 aliphatic rings. The number of amides is 1. The summed E-state index contributed by atoms with van der Waals surface area (Å²) in [6.45, 7) is 1.73. The van der Waals surface area contributed by atoms with E-state index in [4.69, 9.17) is 5.26 Å². The number of nitrogens with one attached hydrogen (secondary N) is 3. The van der Waals surface area contributed by atoms with E-state index in [2.05, 4.69) is 25.9 Å². The SMILES string of the molecule is Cc1cc(C#N)cnc1C(=O)NC1CCC2NNC(c3cccc(OC(F)(F)F)c3)C2C1. The molecular formula is C22H22F3N5O2. The van der Waals surface area contributed by atoms with Crippen molar-refractivity contribution < 1.29 is 22.7 Å². The monoisotopic (exact) mass is 445 g/mol. The minimum absolute atomic E-state index is 0.0743. The summed E-state index contributed by atoms with van der Waals surface area (Å²) in [5.41, 5.74) is 8.40. The number of carbonyl (C=O) groups is 1. The van der Waals surface area contributed by atoms with Crippen LogP contribution in [0.15, 0.2) is 36.5 Å². The fourth-order valence-corrected chi connectivity index (χ4v) is 4.55. The van der Waals surface area contributed by atoms with Gasteiger partial charge in [-0.15, -0.1) is 13.2 Å². The highest BCUT2D eigenvalue weighted by molar-refractivity contribution is 5.93. The highest BCUT2D eigenvalue weighted by Gasteiger charge is 2.41. The molecule has 4 unspecified atom stereocenters. The molecule has 1 aliphatic heterocycles. The Morgan fingerprint density at radius 1 is 1.28 bits per heavy atom. The number of alkyl halides is 3. The van der Waals surface area contributed by atoms with Crippen molar-refractivity contribution >= 4 is 5.91 Å². The molecule has 1 aromatic heterocycles. The summed E-state index contributed by atoms with van der Waals surface area (Å²) in [5, 5.41) is 12.0. The molecule has 4 atom stereocenters. The number of nitriles is 1. The molecule has 4 rings (SSSR count). The van der Waals surface area contributed by atoms with Gasteiger partial charge in [-0.3, -0.25) is 10.2 Å². The summed E-state index contributed by atoms with van der Waals surface area (Å²) in [4.78, 5) is 16.9. The third-order valence-electron chi connectivity index (χ3n) is 5.96. The van der Waals surface area contributed by atoms with Gasteiger partial charge in [-0.25, -0.2) is 10.4 Å². The Morgan fingerprint density at radius 2 is 2.09 bits per heavy atom. The topological polar surface area (TPSA) is 99.1 Å². The van der Waals surface area contributed by atoms with Crippen LogP contribution in [-0.4, -0.2) is 29.3 Å². The Morgan fingerprint density at radius 3 is 2.81 bits per heavy atom. The number of benzene rings is 1. The minimum Gasteiger partial charge on any atom is -0.406 e. The predicted octanol–water partition coefficient (Wildman–Crippen LogP) is 3.28. The molecule has 2 aromatic rings. The summed E-state index contributed by atoms with van der Waals surface area (Å²) < 4.78 is 41.8. The normalized spacial score (nSPS) is 25.0. The van der Waals surface area contributed by atoms with E-state index >= 15 is 0 Å². The third kappa shape index (κ3) is 4.84. The molecule has 2 heterocycles. The molecule has 0 radical (unpaired) electrons. The highest BCUT2D eigenvalue weighted by atomic mass is 19.4. The smallest absolute Gasteiger partial charge is 0.406 e. The number of fused-ring (bicyclic) bond motifs is 1. The molecule has 168 valence electrons. The predicted molar refractivity (Wildman–Crippen MR) is 108 cm³/mol. The Kier molecular flexibility index (Phi) is 6.04. The lowest BCUT2D eigenvalue weighted by Crippen LogP contribution is -2.44. The molecule has 0 spiro atoms. The van der Waals surface area contributed by atoms with Crippen LogP contribution in [0.3, 0.4) is 0 Å². The second-order valence-corrected chi connectivity index (χ2v) is 8.14. The number of carbonyl (C=O) groups excluding carboxylic acids is 1. The van der Waals surface area contributed by atoms with Crippen LogP contribution >= 0.6 is 0 Å². The highest BCUT2D eigenvalue weighted by Crippen LogP contribution is 2.39. The van der Waals surface area contributed by atoms with E-state index in [-0.39, 0.29) is 41.4 Å². The zero-order valence-electron chi connectivity index (χ0n) is 17.2. The average molecular weight is 445 g/mol. The maximum atomic E-state index is 12.7. The summed E-state index contributed by atoms with van der Waals surface area (Å²) in [7, 11) is 0. The standard InChI is InChI=1S/C22H22F3N5O2/c1-12-7-13(10-26)11-27-19(12)21(31)28-15-5-6-18-17(9-15)20(30-29-18)14-3-2-4-16(8-14)32-22(23,24)25/h2-4,7-8,11,15,17-18,20,29-30H,5-6,9H2,1H3,(H,28,31). The van der Waals surface area contributed by atoms with Crippen molar-refractivity contribution in [3.05, 3.63) is 58.9 Å². The number of aryl methyl sites for hydroxylation is 1. The zero-order valence-corrected chi connectivity index (χ0v) is 17.2. The second-order valence-electron chi connectivity index (χ2n) is 8.14. The van der Waals surface area contributed by atoms with E-state index in [1.54, 1.807) is 19.1 Å². The first kappa shape index (κ1) is 22.0. The Labute approximate surface area is 182 Å². The lowest BCUT2D eigenvalue weighted by atomic mass is 9.77. The van der Waals surface area contributed by atoms with E-state index in [9.17, 15) is 18.0 Å². The van der Waals surface area contributed by atoms with Crippen molar-refractivity contribution in [2.75, 3.05) is 0 Å². The molecule has 1 amide bonds. The van der Waals surface area contributed by atoms with Crippen LogP contribution in [0.25, 0.3) is 0 Å². The van der Waals surface area contributed by atoms with Crippen molar-refractivity contribution in [3.63, 3.8) is 0 Å². The summed E-state index contributed by atoms with van der Waals surface area (Å²) in [6, 6.07) is 9.41. The second kappa shape index (κ2) is 8.76. The molecular weight excluding hydrogens is 423 g/mol. The van der Waals surface area contributed by atoms with Gasteiger partial charge in [-0.05, 0) is 61.4 Å². The van der Waals surface area contributed by atoms with Gasteiger partial charge in [-0.2, -0.15) is 5.26 Å². The number of nitrogens with zero attached hydrogens (tertiary/aromatic N) is 2. The van der Waals surface area contributed by atoms with E-state index in [1.165, 1.54) is 24.4 Å². The van der Waals surface area contributed by atoms with Gasteiger partial charge >= 0.3 is 6.36 Å². The van der Waals surface area contributed by atoms with Gasteiger partial charge in [-0.1, -0.05) is 12.1 Å². The maximum absolute atomic E-state index is 12.7. The van der Waals surface area contributed by atoms with Crippen molar-refractivity contribution in [3.8, 4) is 11.8 Å². The van der Waals surface area contributed by atoms with Crippen LogP contribution in [0.4, 0.5) is 13.2 Å². The quantitative estimate of drug-likeness (QED) is 0.668. The van der Waals surface area contributed by atoms with Gasteiger partial charge in [0.1, 0.15) is 17.5 Å². The molecule has 1 saturated carbocycles. The van der Waals surface area contributed by atoms with Crippen LogP contribution in [0.1, 0.15) is 52.5 Å².